The van der Waals surface area contributed by atoms with Gasteiger partial charge in [-0.2, -0.15) is 4.31 Å². The third kappa shape index (κ3) is 4.49. The number of carbonyl (C=O) groups is 1. The van der Waals surface area contributed by atoms with Crippen LogP contribution in [0.3, 0.4) is 0 Å². The molecule has 0 bridgehead atoms. The van der Waals surface area contributed by atoms with E-state index in [9.17, 15) is 17.6 Å². The van der Waals surface area contributed by atoms with Gasteiger partial charge in [0.05, 0.1) is 6.54 Å². The Kier molecular flexibility index (Phi) is 6.05. The predicted octanol–water partition coefficient (Wildman–Crippen LogP) is 3.38. The van der Waals surface area contributed by atoms with Gasteiger partial charge in [-0.25, -0.2) is 12.8 Å². The molecule has 1 aliphatic heterocycles. The summed E-state index contributed by atoms with van der Waals surface area (Å²) in [5.41, 5.74) is 0.235. The second kappa shape index (κ2) is 8.28. The number of carbonyl (C=O) groups excluding carboxylic acids is 1. The van der Waals surface area contributed by atoms with Crippen molar-refractivity contribution in [3.05, 3.63) is 52.7 Å². The third-order valence-corrected chi connectivity index (χ3v) is 7.76. The van der Waals surface area contributed by atoms with E-state index in [1.807, 2.05) is 0 Å². The van der Waals surface area contributed by atoms with E-state index in [1.54, 1.807) is 16.4 Å². The lowest BCUT2D eigenvalue weighted by molar-refractivity contribution is 0.0951. The summed E-state index contributed by atoms with van der Waals surface area (Å²) in [7, 11) is -3.47. The van der Waals surface area contributed by atoms with Crippen molar-refractivity contribution in [3.8, 4) is 0 Å². The minimum absolute atomic E-state index is 0.204. The Labute approximate surface area is 156 Å². The number of nitrogens with zero attached hydrogens (tertiary/aromatic N) is 1. The summed E-state index contributed by atoms with van der Waals surface area (Å²) in [6.07, 6.45) is 3.91. The van der Waals surface area contributed by atoms with Crippen LogP contribution in [0.1, 0.15) is 40.9 Å². The summed E-state index contributed by atoms with van der Waals surface area (Å²) in [5, 5.41) is 2.69. The van der Waals surface area contributed by atoms with Gasteiger partial charge in [-0.1, -0.05) is 18.9 Å². The molecule has 0 saturated carbocycles. The average Bonchev–Trinajstić information content (AvgIpc) is 2.93. The standard InChI is InChI=1S/C18H21FN2O3S2/c19-15-7-5-6-14(12-15)18(22)20-13-16-8-9-17(25-16)26(23,24)21-10-3-1-2-4-11-21/h5-9,12H,1-4,10-11,13H2,(H,20,22). The monoisotopic (exact) mass is 396 g/mol. The van der Waals surface area contributed by atoms with Crippen LogP contribution in [0.4, 0.5) is 4.39 Å². The number of hydrogen-bond acceptors (Lipinski definition) is 4. The minimum Gasteiger partial charge on any atom is -0.347 e. The van der Waals surface area contributed by atoms with Gasteiger partial charge < -0.3 is 5.32 Å². The Morgan fingerprint density at radius 3 is 2.54 bits per heavy atom. The summed E-state index contributed by atoms with van der Waals surface area (Å²) in [6.45, 7) is 1.33. The van der Waals surface area contributed by atoms with Crippen molar-refractivity contribution in [2.45, 2.75) is 36.4 Å². The van der Waals surface area contributed by atoms with Crippen LogP contribution in [0, 0.1) is 5.82 Å². The fraction of sp³-hybridized carbons (Fsp3) is 0.389. The number of nitrogens with one attached hydrogen (secondary N) is 1. The zero-order chi connectivity index (χ0) is 18.6. The van der Waals surface area contributed by atoms with Crippen molar-refractivity contribution in [2.75, 3.05) is 13.1 Å². The summed E-state index contributed by atoms with van der Waals surface area (Å²) in [4.78, 5) is 12.8. The molecular weight excluding hydrogens is 375 g/mol. The normalized spacial score (nSPS) is 16.2. The largest absolute Gasteiger partial charge is 0.347 e. The SMILES string of the molecule is O=C(NCc1ccc(S(=O)(=O)N2CCCCCC2)s1)c1cccc(F)c1. The van der Waals surface area contributed by atoms with Crippen molar-refractivity contribution in [1.29, 1.82) is 0 Å². The van der Waals surface area contributed by atoms with Gasteiger partial charge in [0.15, 0.2) is 0 Å². The van der Waals surface area contributed by atoms with E-state index in [0.29, 0.717) is 17.3 Å². The summed E-state index contributed by atoms with van der Waals surface area (Å²) in [5.74, 6) is -0.866. The van der Waals surface area contributed by atoms with Crippen molar-refractivity contribution in [2.24, 2.45) is 0 Å². The zero-order valence-electron chi connectivity index (χ0n) is 14.3. The number of thiophene rings is 1. The number of sulfonamides is 1. The van der Waals surface area contributed by atoms with Crippen molar-refractivity contribution >= 4 is 27.3 Å². The Hall–Kier alpha value is -1.77. The Morgan fingerprint density at radius 1 is 1.12 bits per heavy atom. The van der Waals surface area contributed by atoms with Crippen LogP contribution in [-0.2, 0) is 16.6 Å². The molecule has 0 spiro atoms. The molecular formula is C18H21FN2O3S2. The molecule has 2 heterocycles. The van der Waals surface area contributed by atoms with E-state index in [-0.39, 0.29) is 12.1 Å². The highest BCUT2D eigenvalue weighted by atomic mass is 32.2. The molecule has 140 valence electrons. The number of amides is 1. The first-order chi connectivity index (χ1) is 12.5. The van der Waals surface area contributed by atoms with Gasteiger partial charge >= 0.3 is 0 Å². The second-order valence-corrected chi connectivity index (χ2v) is 9.57. The summed E-state index contributed by atoms with van der Waals surface area (Å²) < 4.78 is 40.6. The molecule has 1 fully saturated rings. The molecule has 1 amide bonds. The molecule has 0 radical (unpaired) electrons. The topological polar surface area (TPSA) is 66.5 Å². The molecule has 0 unspecified atom stereocenters. The third-order valence-electron chi connectivity index (χ3n) is 4.31. The van der Waals surface area contributed by atoms with Crippen molar-refractivity contribution in [3.63, 3.8) is 0 Å². The lowest BCUT2D eigenvalue weighted by Gasteiger charge is -2.18. The number of benzene rings is 1. The molecule has 1 aromatic heterocycles. The molecule has 3 rings (SSSR count). The molecule has 2 aromatic rings. The van der Waals surface area contributed by atoms with E-state index in [1.165, 1.54) is 24.3 Å². The van der Waals surface area contributed by atoms with E-state index in [0.717, 1.165) is 41.9 Å². The fourth-order valence-electron chi connectivity index (χ4n) is 2.90. The number of hydrogen-bond donors (Lipinski definition) is 1. The first-order valence-corrected chi connectivity index (χ1v) is 10.8. The molecule has 5 nitrogen and oxygen atoms in total. The maximum absolute atomic E-state index is 13.2. The van der Waals surface area contributed by atoms with Crippen LogP contribution in [0.25, 0.3) is 0 Å². The highest BCUT2D eigenvalue weighted by Crippen LogP contribution is 2.26. The highest BCUT2D eigenvalue weighted by Gasteiger charge is 2.26. The van der Waals surface area contributed by atoms with Crippen LogP contribution in [-0.4, -0.2) is 31.7 Å². The first-order valence-electron chi connectivity index (χ1n) is 8.59. The zero-order valence-corrected chi connectivity index (χ0v) is 15.9. The Morgan fingerprint density at radius 2 is 1.85 bits per heavy atom. The molecule has 0 atom stereocenters. The summed E-state index contributed by atoms with van der Waals surface area (Å²) >= 11 is 1.16. The Bertz CT molecular complexity index is 872. The smallest absolute Gasteiger partial charge is 0.252 e. The van der Waals surface area contributed by atoms with E-state index >= 15 is 0 Å². The number of halogens is 1. The molecule has 8 heteroatoms. The maximum atomic E-state index is 13.2. The van der Waals surface area contributed by atoms with Gasteiger partial charge in [-0.05, 0) is 43.2 Å². The van der Waals surface area contributed by atoms with Crippen molar-refractivity contribution in [1.82, 2.24) is 9.62 Å². The van der Waals surface area contributed by atoms with Gasteiger partial charge in [-0.15, -0.1) is 11.3 Å². The van der Waals surface area contributed by atoms with Gasteiger partial charge in [0.1, 0.15) is 10.0 Å². The van der Waals surface area contributed by atoms with Gasteiger partial charge in [0, 0.05) is 23.5 Å². The van der Waals surface area contributed by atoms with Crippen LogP contribution >= 0.6 is 11.3 Å². The molecule has 26 heavy (non-hydrogen) atoms. The molecule has 1 saturated heterocycles. The molecule has 1 aliphatic rings. The van der Waals surface area contributed by atoms with E-state index in [2.05, 4.69) is 5.32 Å². The molecule has 1 aromatic carbocycles. The average molecular weight is 397 g/mol. The molecule has 1 N–H and O–H groups in total. The quantitative estimate of drug-likeness (QED) is 0.843. The van der Waals surface area contributed by atoms with Crippen LogP contribution in [0.15, 0.2) is 40.6 Å². The minimum atomic E-state index is -3.47. The molecule has 0 aliphatic carbocycles. The maximum Gasteiger partial charge on any atom is 0.252 e. The van der Waals surface area contributed by atoms with E-state index in [4.69, 9.17) is 0 Å². The van der Waals surface area contributed by atoms with Gasteiger partial charge in [0.2, 0.25) is 0 Å². The van der Waals surface area contributed by atoms with Gasteiger partial charge in [-0.3, -0.25) is 4.79 Å². The Balaban J connectivity index is 1.65. The summed E-state index contributed by atoms with van der Waals surface area (Å²) in [6, 6.07) is 8.74. The van der Waals surface area contributed by atoms with Crippen LogP contribution in [0.2, 0.25) is 0 Å². The second-order valence-electron chi connectivity index (χ2n) is 6.23. The van der Waals surface area contributed by atoms with E-state index < -0.39 is 21.7 Å². The number of rotatable bonds is 5. The van der Waals surface area contributed by atoms with Crippen LogP contribution in [0.5, 0.6) is 0 Å². The lowest BCUT2D eigenvalue weighted by Crippen LogP contribution is -2.31. The van der Waals surface area contributed by atoms with Gasteiger partial charge in [0.25, 0.3) is 15.9 Å². The fourth-order valence-corrected chi connectivity index (χ4v) is 5.87. The lowest BCUT2D eigenvalue weighted by atomic mass is 10.2. The predicted molar refractivity (Wildman–Crippen MR) is 99.1 cm³/mol. The van der Waals surface area contributed by atoms with Crippen molar-refractivity contribution < 1.29 is 17.6 Å². The highest BCUT2D eigenvalue weighted by molar-refractivity contribution is 7.91. The first kappa shape index (κ1) is 19.0. The van der Waals surface area contributed by atoms with Crippen LogP contribution < -0.4 is 5.32 Å².